The molecular formula is C21H21NO2S. The van der Waals surface area contributed by atoms with Gasteiger partial charge < -0.3 is 0 Å². The summed E-state index contributed by atoms with van der Waals surface area (Å²) in [6.45, 7) is 1.88. The van der Waals surface area contributed by atoms with Crippen molar-refractivity contribution in [2.24, 2.45) is 0 Å². The number of benzene rings is 3. The summed E-state index contributed by atoms with van der Waals surface area (Å²) in [4.78, 5) is 0.284. The Labute approximate surface area is 149 Å². The van der Waals surface area contributed by atoms with Crippen LogP contribution in [-0.4, -0.2) is 14.5 Å². The van der Waals surface area contributed by atoms with Gasteiger partial charge in [0, 0.05) is 6.04 Å². The molecule has 1 unspecified atom stereocenters. The molecule has 25 heavy (non-hydrogen) atoms. The van der Waals surface area contributed by atoms with Crippen molar-refractivity contribution < 1.29 is 8.42 Å². The van der Waals surface area contributed by atoms with Crippen molar-refractivity contribution in [3.8, 4) is 11.1 Å². The van der Waals surface area contributed by atoms with Crippen LogP contribution in [0.15, 0.2) is 89.8 Å². The predicted octanol–water partition coefficient (Wildman–Crippen LogP) is 4.26. The second kappa shape index (κ2) is 7.64. The Balaban J connectivity index is 1.71. The molecule has 0 spiro atoms. The molecule has 0 fully saturated rings. The molecule has 3 aromatic carbocycles. The molecule has 0 saturated heterocycles. The van der Waals surface area contributed by atoms with E-state index in [0.29, 0.717) is 6.42 Å². The first-order chi connectivity index (χ1) is 12.0. The van der Waals surface area contributed by atoms with E-state index >= 15 is 0 Å². The van der Waals surface area contributed by atoms with Crippen LogP contribution in [0.1, 0.15) is 12.5 Å². The molecule has 0 saturated carbocycles. The number of nitrogens with one attached hydrogen (secondary N) is 1. The summed E-state index contributed by atoms with van der Waals surface area (Å²) in [7, 11) is -3.53. The van der Waals surface area contributed by atoms with Crippen LogP contribution in [0.2, 0.25) is 0 Å². The van der Waals surface area contributed by atoms with Gasteiger partial charge in [0.15, 0.2) is 0 Å². The maximum absolute atomic E-state index is 12.6. The van der Waals surface area contributed by atoms with Gasteiger partial charge in [-0.15, -0.1) is 0 Å². The topological polar surface area (TPSA) is 46.2 Å². The fourth-order valence-corrected chi connectivity index (χ4v) is 4.04. The summed E-state index contributed by atoms with van der Waals surface area (Å²) >= 11 is 0. The quantitative estimate of drug-likeness (QED) is 0.721. The Morgan fingerprint density at radius 1 is 0.760 bits per heavy atom. The summed E-state index contributed by atoms with van der Waals surface area (Å²) < 4.78 is 27.9. The standard InChI is InChI=1S/C21H21NO2S/c1-17(16-18-8-4-2-5-9-18)22-25(23,24)21-14-12-20(13-15-21)19-10-6-3-7-11-19/h2-15,17,22H,16H2,1H3. The number of hydrogen-bond donors (Lipinski definition) is 1. The molecule has 0 heterocycles. The molecule has 0 bridgehead atoms. The van der Waals surface area contributed by atoms with E-state index in [-0.39, 0.29) is 10.9 Å². The van der Waals surface area contributed by atoms with Crippen molar-refractivity contribution in [2.45, 2.75) is 24.3 Å². The molecule has 0 aliphatic rings. The molecule has 0 aliphatic heterocycles. The lowest BCUT2D eigenvalue weighted by Crippen LogP contribution is -2.34. The third kappa shape index (κ3) is 4.56. The number of sulfonamides is 1. The molecule has 3 nitrogen and oxygen atoms in total. The SMILES string of the molecule is CC(Cc1ccccc1)NS(=O)(=O)c1ccc(-c2ccccc2)cc1. The zero-order valence-corrected chi connectivity index (χ0v) is 14.9. The van der Waals surface area contributed by atoms with Gasteiger partial charge in [0.1, 0.15) is 0 Å². The first kappa shape index (κ1) is 17.4. The van der Waals surface area contributed by atoms with Crippen LogP contribution in [0.5, 0.6) is 0 Å². The lowest BCUT2D eigenvalue weighted by Gasteiger charge is -2.14. The molecule has 0 aliphatic carbocycles. The van der Waals surface area contributed by atoms with Crippen LogP contribution in [0.4, 0.5) is 0 Å². The van der Waals surface area contributed by atoms with Crippen LogP contribution in [0, 0.1) is 0 Å². The van der Waals surface area contributed by atoms with Crippen molar-refractivity contribution in [3.63, 3.8) is 0 Å². The van der Waals surface area contributed by atoms with Crippen molar-refractivity contribution >= 4 is 10.0 Å². The van der Waals surface area contributed by atoms with Gasteiger partial charge in [-0.05, 0) is 42.2 Å². The van der Waals surface area contributed by atoms with Gasteiger partial charge in [-0.2, -0.15) is 0 Å². The highest BCUT2D eigenvalue weighted by Crippen LogP contribution is 2.21. The second-order valence-electron chi connectivity index (χ2n) is 6.10. The molecule has 1 N–H and O–H groups in total. The molecule has 0 radical (unpaired) electrons. The zero-order valence-electron chi connectivity index (χ0n) is 14.1. The fraction of sp³-hybridized carbons (Fsp3) is 0.143. The fourth-order valence-electron chi connectivity index (χ4n) is 2.80. The van der Waals surface area contributed by atoms with Gasteiger partial charge in [-0.1, -0.05) is 72.8 Å². The van der Waals surface area contributed by atoms with E-state index in [9.17, 15) is 8.42 Å². The minimum absolute atomic E-state index is 0.179. The zero-order chi connectivity index (χ0) is 17.7. The Morgan fingerprint density at radius 3 is 1.88 bits per heavy atom. The Morgan fingerprint density at radius 2 is 1.28 bits per heavy atom. The van der Waals surface area contributed by atoms with Crippen LogP contribution < -0.4 is 4.72 Å². The minimum Gasteiger partial charge on any atom is -0.208 e. The van der Waals surface area contributed by atoms with Gasteiger partial charge in [0.25, 0.3) is 0 Å². The predicted molar refractivity (Wildman–Crippen MR) is 102 cm³/mol. The highest BCUT2D eigenvalue weighted by Gasteiger charge is 2.17. The van der Waals surface area contributed by atoms with Gasteiger partial charge in [-0.25, -0.2) is 13.1 Å². The molecular weight excluding hydrogens is 330 g/mol. The van der Waals surface area contributed by atoms with Gasteiger partial charge in [0.2, 0.25) is 10.0 Å². The Bertz CT molecular complexity index is 905. The van der Waals surface area contributed by atoms with Gasteiger partial charge in [-0.3, -0.25) is 0 Å². The maximum Gasteiger partial charge on any atom is 0.240 e. The van der Waals surface area contributed by atoms with Crippen LogP contribution in [0.25, 0.3) is 11.1 Å². The van der Waals surface area contributed by atoms with Crippen LogP contribution in [-0.2, 0) is 16.4 Å². The maximum atomic E-state index is 12.6. The molecule has 3 rings (SSSR count). The second-order valence-corrected chi connectivity index (χ2v) is 7.82. The third-order valence-electron chi connectivity index (χ3n) is 4.01. The van der Waals surface area contributed by atoms with Crippen molar-refractivity contribution in [1.82, 2.24) is 4.72 Å². The van der Waals surface area contributed by atoms with Crippen molar-refractivity contribution in [1.29, 1.82) is 0 Å². The third-order valence-corrected chi connectivity index (χ3v) is 5.62. The van der Waals surface area contributed by atoms with E-state index in [2.05, 4.69) is 4.72 Å². The van der Waals surface area contributed by atoms with Gasteiger partial charge >= 0.3 is 0 Å². The monoisotopic (exact) mass is 351 g/mol. The van der Waals surface area contributed by atoms with E-state index in [1.54, 1.807) is 12.1 Å². The van der Waals surface area contributed by atoms with E-state index in [1.165, 1.54) is 0 Å². The summed E-state index contributed by atoms with van der Waals surface area (Å²) in [5.74, 6) is 0. The molecule has 128 valence electrons. The van der Waals surface area contributed by atoms with E-state index < -0.39 is 10.0 Å². The molecule has 3 aromatic rings. The molecule has 0 aromatic heterocycles. The average molecular weight is 351 g/mol. The average Bonchev–Trinajstić information content (AvgIpc) is 2.63. The largest absolute Gasteiger partial charge is 0.240 e. The van der Waals surface area contributed by atoms with Crippen LogP contribution >= 0.6 is 0 Å². The normalized spacial score (nSPS) is 12.7. The first-order valence-electron chi connectivity index (χ1n) is 8.26. The Hall–Kier alpha value is -2.43. The molecule has 0 amide bonds. The Kier molecular flexibility index (Phi) is 5.31. The summed E-state index contributed by atoms with van der Waals surface area (Å²) in [5, 5.41) is 0. The van der Waals surface area contributed by atoms with E-state index in [4.69, 9.17) is 0 Å². The van der Waals surface area contributed by atoms with Crippen molar-refractivity contribution in [3.05, 3.63) is 90.5 Å². The summed E-state index contributed by atoms with van der Waals surface area (Å²) in [5.41, 5.74) is 3.17. The lowest BCUT2D eigenvalue weighted by atomic mass is 10.1. The van der Waals surface area contributed by atoms with E-state index in [0.717, 1.165) is 16.7 Å². The summed E-state index contributed by atoms with van der Waals surface area (Å²) in [6.07, 6.45) is 0.655. The number of rotatable bonds is 6. The molecule has 1 atom stereocenters. The highest BCUT2D eigenvalue weighted by molar-refractivity contribution is 7.89. The molecule has 4 heteroatoms. The number of hydrogen-bond acceptors (Lipinski definition) is 2. The van der Waals surface area contributed by atoms with Gasteiger partial charge in [0.05, 0.1) is 4.90 Å². The smallest absolute Gasteiger partial charge is 0.208 e. The first-order valence-corrected chi connectivity index (χ1v) is 9.75. The minimum atomic E-state index is -3.53. The van der Waals surface area contributed by atoms with Crippen molar-refractivity contribution in [2.75, 3.05) is 0 Å². The summed E-state index contributed by atoms with van der Waals surface area (Å²) in [6, 6.07) is 26.6. The lowest BCUT2D eigenvalue weighted by molar-refractivity contribution is 0.560. The highest BCUT2D eigenvalue weighted by atomic mass is 32.2. The van der Waals surface area contributed by atoms with E-state index in [1.807, 2.05) is 79.7 Å². The van der Waals surface area contributed by atoms with Crippen LogP contribution in [0.3, 0.4) is 0 Å².